The molecule has 1 rings (SSSR count). The SMILES string of the molecule is CN(C(=O)OC(C)(C)C)C(Cn1cncn1)C(=O)O. The number of carboxylic acids is 1. The quantitative estimate of drug-likeness (QED) is 0.860. The highest BCUT2D eigenvalue weighted by atomic mass is 16.6. The summed E-state index contributed by atoms with van der Waals surface area (Å²) in [5, 5.41) is 13.0. The summed E-state index contributed by atoms with van der Waals surface area (Å²) in [6, 6.07) is -1.07. The van der Waals surface area contributed by atoms with Crippen molar-refractivity contribution in [3.63, 3.8) is 0 Å². The van der Waals surface area contributed by atoms with Gasteiger partial charge < -0.3 is 9.84 Å². The van der Waals surface area contributed by atoms with Crippen LogP contribution in [0, 0.1) is 0 Å². The van der Waals surface area contributed by atoms with E-state index in [4.69, 9.17) is 4.74 Å². The first-order valence-electron chi connectivity index (χ1n) is 5.72. The minimum Gasteiger partial charge on any atom is -0.480 e. The average molecular weight is 270 g/mol. The number of hydrogen-bond donors (Lipinski definition) is 1. The fourth-order valence-electron chi connectivity index (χ4n) is 1.33. The Kier molecular flexibility index (Phi) is 4.47. The first kappa shape index (κ1) is 14.9. The second-order valence-electron chi connectivity index (χ2n) is 5.06. The van der Waals surface area contributed by atoms with E-state index in [2.05, 4.69) is 10.1 Å². The highest BCUT2D eigenvalue weighted by Gasteiger charge is 2.30. The van der Waals surface area contributed by atoms with Crippen LogP contribution in [0.2, 0.25) is 0 Å². The van der Waals surface area contributed by atoms with Gasteiger partial charge in [0.05, 0.1) is 6.54 Å². The second kappa shape index (κ2) is 5.68. The fourth-order valence-corrected chi connectivity index (χ4v) is 1.33. The van der Waals surface area contributed by atoms with Crippen LogP contribution in [0.25, 0.3) is 0 Å². The number of amides is 1. The largest absolute Gasteiger partial charge is 0.480 e. The molecule has 0 aromatic carbocycles. The molecule has 0 aliphatic carbocycles. The van der Waals surface area contributed by atoms with Crippen molar-refractivity contribution in [2.24, 2.45) is 0 Å². The van der Waals surface area contributed by atoms with E-state index < -0.39 is 23.7 Å². The van der Waals surface area contributed by atoms with Gasteiger partial charge in [-0.15, -0.1) is 0 Å². The molecule has 1 unspecified atom stereocenters. The molecule has 8 nitrogen and oxygen atoms in total. The van der Waals surface area contributed by atoms with Gasteiger partial charge in [-0.05, 0) is 20.8 Å². The molecule has 1 heterocycles. The van der Waals surface area contributed by atoms with Crippen molar-refractivity contribution >= 4 is 12.1 Å². The molecular weight excluding hydrogens is 252 g/mol. The Morgan fingerprint density at radius 2 is 2.11 bits per heavy atom. The number of carboxylic acid groups (broad SMARTS) is 1. The van der Waals surface area contributed by atoms with Gasteiger partial charge in [-0.1, -0.05) is 0 Å². The van der Waals surface area contributed by atoms with Gasteiger partial charge in [0.25, 0.3) is 0 Å². The number of aromatic nitrogens is 3. The summed E-state index contributed by atoms with van der Waals surface area (Å²) < 4.78 is 6.48. The van der Waals surface area contributed by atoms with Gasteiger partial charge in [-0.25, -0.2) is 14.6 Å². The maximum absolute atomic E-state index is 11.8. The minimum atomic E-state index is -1.14. The van der Waals surface area contributed by atoms with E-state index in [1.54, 1.807) is 20.8 Å². The van der Waals surface area contributed by atoms with Crippen LogP contribution in [-0.2, 0) is 16.1 Å². The predicted molar refractivity (Wildman–Crippen MR) is 65.4 cm³/mol. The highest BCUT2D eigenvalue weighted by molar-refractivity contribution is 5.79. The lowest BCUT2D eigenvalue weighted by molar-refractivity contribution is -0.143. The monoisotopic (exact) mass is 270 g/mol. The Morgan fingerprint density at radius 1 is 1.47 bits per heavy atom. The zero-order chi connectivity index (χ0) is 14.6. The lowest BCUT2D eigenvalue weighted by Crippen LogP contribution is -2.47. The van der Waals surface area contributed by atoms with Crippen LogP contribution < -0.4 is 0 Å². The van der Waals surface area contributed by atoms with Crippen molar-refractivity contribution in [3.05, 3.63) is 12.7 Å². The molecule has 1 aromatic heterocycles. The maximum atomic E-state index is 11.8. The molecule has 0 radical (unpaired) electrons. The van der Waals surface area contributed by atoms with Crippen molar-refractivity contribution < 1.29 is 19.4 Å². The molecule has 0 saturated heterocycles. The Bertz CT molecular complexity index is 438. The van der Waals surface area contributed by atoms with Gasteiger partial charge >= 0.3 is 12.1 Å². The van der Waals surface area contributed by atoms with E-state index in [9.17, 15) is 14.7 Å². The van der Waals surface area contributed by atoms with Crippen LogP contribution in [0.3, 0.4) is 0 Å². The number of carbonyl (C=O) groups is 2. The van der Waals surface area contributed by atoms with Crippen LogP contribution in [0.15, 0.2) is 12.7 Å². The lowest BCUT2D eigenvalue weighted by atomic mass is 10.2. The molecule has 1 atom stereocenters. The summed E-state index contributed by atoms with van der Waals surface area (Å²) in [6.45, 7) is 5.15. The predicted octanol–water partition coefficient (Wildman–Crippen LogP) is 0.598. The summed E-state index contributed by atoms with van der Waals surface area (Å²) in [6.07, 6.45) is 1.99. The van der Waals surface area contributed by atoms with Crippen LogP contribution in [-0.4, -0.2) is 55.5 Å². The van der Waals surface area contributed by atoms with Gasteiger partial charge in [0.1, 0.15) is 18.3 Å². The van der Waals surface area contributed by atoms with E-state index in [0.717, 1.165) is 4.90 Å². The summed E-state index contributed by atoms with van der Waals surface area (Å²) in [4.78, 5) is 27.8. The van der Waals surface area contributed by atoms with Crippen molar-refractivity contribution in [2.75, 3.05) is 7.05 Å². The number of rotatable bonds is 4. The molecular formula is C11H18N4O4. The second-order valence-corrected chi connectivity index (χ2v) is 5.06. The van der Waals surface area contributed by atoms with Crippen LogP contribution in [0.4, 0.5) is 4.79 Å². The molecule has 1 aromatic rings. The first-order valence-corrected chi connectivity index (χ1v) is 5.72. The highest BCUT2D eigenvalue weighted by Crippen LogP contribution is 2.11. The molecule has 1 N–H and O–H groups in total. The summed E-state index contributed by atoms with van der Waals surface area (Å²) in [5.74, 6) is -1.14. The standard InChI is InChI=1S/C11H18N4O4/c1-11(2,3)19-10(18)14(4)8(9(16)17)5-15-7-12-6-13-15/h6-8H,5H2,1-4H3,(H,16,17). The minimum absolute atomic E-state index is 0.00504. The smallest absolute Gasteiger partial charge is 0.410 e. The lowest BCUT2D eigenvalue weighted by Gasteiger charge is -2.28. The van der Waals surface area contributed by atoms with E-state index in [1.165, 1.54) is 24.4 Å². The molecule has 19 heavy (non-hydrogen) atoms. The normalized spacial score (nSPS) is 12.8. The number of carbonyl (C=O) groups excluding carboxylic acids is 1. The van der Waals surface area contributed by atoms with E-state index in [1.807, 2.05) is 0 Å². The fraction of sp³-hybridized carbons (Fsp3) is 0.636. The number of aliphatic carboxylic acids is 1. The molecule has 0 spiro atoms. The number of likely N-dealkylation sites (N-methyl/N-ethyl adjacent to an activating group) is 1. The van der Waals surface area contributed by atoms with Crippen molar-refractivity contribution in [3.8, 4) is 0 Å². The Morgan fingerprint density at radius 3 is 2.53 bits per heavy atom. The first-order chi connectivity index (χ1) is 8.70. The van der Waals surface area contributed by atoms with Crippen molar-refractivity contribution in [1.29, 1.82) is 0 Å². The molecule has 0 fully saturated rings. The van der Waals surface area contributed by atoms with Gasteiger partial charge in [-0.3, -0.25) is 9.58 Å². The molecule has 106 valence electrons. The topological polar surface area (TPSA) is 97.5 Å². The third-order valence-corrected chi connectivity index (χ3v) is 2.26. The average Bonchev–Trinajstić information content (AvgIpc) is 2.74. The molecule has 0 aliphatic rings. The number of ether oxygens (including phenoxy) is 1. The third-order valence-electron chi connectivity index (χ3n) is 2.26. The van der Waals surface area contributed by atoms with Gasteiger partial charge in [-0.2, -0.15) is 5.10 Å². The van der Waals surface area contributed by atoms with Crippen molar-refractivity contribution in [1.82, 2.24) is 19.7 Å². The van der Waals surface area contributed by atoms with Gasteiger partial charge in [0.2, 0.25) is 0 Å². The van der Waals surface area contributed by atoms with E-state index in [-0.39, 0.29) is 6.54 Å². The van der Waals surface area contributed by atoms with Crippen molar-refractivity contribution in [2.45, 2.75) is 39.0 Å². The van der Waals surface area contributed by atoms with E-state index in [0.29, 0.717) is 0 Å². The molecule has 0 bridgehead atoms. The summed E-state index contributed by atoms with van der Waals surface area (Å²) in [5.41, 5.74) is -0.679. The molecule has 0 saturated carbocycles. The zero-order valence-corrected chi connectivity index (χ0v) is 11.4. The summed E-state index contributed by atoms with van der Waals surface area (Å²) >= 11 is 0. The molecule has 1 amide bonds. The zero-order valence-electron chi connectivity index (χ0n) is 11.4. The number of nitrogens with zero attached hydrogens (tertiary/aromatic N) is 4. The van der Waals surface area contributed by atoms with Gasteiger partial charge in [0, 0.05) is 7.05 Å². The Labute approximate surface area is 111 Å². The third kappa shape index (κ3) is 4.57. The van der Waals surface area contributed by atoms with Crippen LogP contribution >= 0.6 is 0 Å². The Hall–Kier alpha value is -2.12. The summed E-state index contributed by atoms with van der Waals surface area (Å²) in [7, 11) is 1.38. The molecule has 0 aliphatic heterocycles. The van der Waals surface area contributed by atoms with Gasteiger partial charge in [0.15, 0.2) is 6.04 Å². The van der Waals surface area contributed by atoms with Crippen LogP contribution in [0.1, 0.15) is 20.8 Å². The molecule has 8 heteroatoms. The Balaban J connectivity index is 2.76. The maximum Gasteiger partial charge on any atom is 0.410 e. The van der Waals surface area contributed by atoms with Crippen LogP contribution in [0.5, 0.6) is 0 Å². The number of hydrogen-bond acceptors (Lipinski definition) is 5. The van der Waals surface area contributed by atoms with E-state index >= 15 is 0 Å².